The van der Waals surface area contributed by atoms with Crippen molar-refractivity contribution in [2.75, 3.05) is 6.61 Å². The molecule has 9 heteroatoms. The van der Waals surface area contributed by atoms with E-state index in [-0.39, 0.29) is 28.0 Å². The van der Waals surface area contributed by atoms with Crippen LogP contribution >= 0.6 is 23.2 Å². The van der Waals surface area contributed by atoms with Crippen molar-refractivity contribution in [3.8, 4) is 5.75 Å². The van der Waals surface area contributed by atoms with Crippen LogP contribution in [0.5, 0.6) is 5.75 Å². The Balaban J connectivity index is 1.81. The molecule has 150 valence electrons. The molecule has 2 aromatic rings. The Hall–Kier alpha value is -3.03. The summed E-state index contributed by atoms with van der Waals surface area (Å²) in [5.41, 5.74) is 2.39. The van der Waals surface area contributed by atoms with Gasteiger partial charge < -0.3 is 15.2 Å². The number of carboxylic acids is 1. The first-order valence-corrected chi connectivity index (χ1v) is 9.24. The maximum absolute atomic E-state index is 12.6. The van der Waals surface area contributed by atoms with Gasteiger partial charge in [0, 0.05) is 0 Å². The van der Waals surface area contributed by atoms with Crippen LogP contribution in [0.15, 0.2) is 42.1 Å². The second kappa shape index (κ2) is 8.55. The standard InChI is InChI=1S/C20H16Cl2N2O5/c1-11-3-2-4-12(5-11)9-24-19(27)16(23-20(24)28)8-13-6-14(21)18(15(22)7-13)29-10-17(25)26/h2-8H,9-10H2,1H3,(H,23,28)(H,25,26)/b16-8+. The predicted molar refractivity (Wildman–Crippen MR) is 108 cm³/mol. The molecule has 2 aromatic carbocycles. The number of carbonyl (C=O) groups is 3. The summed E-state index contributed by atoms with van der Waals surface area (Å²) in [6, 6.07) is 9.92. The van der Waals surface area contributed by atoms with Gasteiger partial charge in [0.05, 0.1) is 16.6 Å². The van der Waals surface area contributed by atoms with Crippen molar-refractivity contribution < 1.29 is 24.2 Å². The van der Waals surface area contributed by atoms with E-state index >= 15 is 0 Å². The van der Waals surface area contributed by atoms with Crippen molar-refractivity contribution >= 4 is 47.2 Å². The zero-order valence-corrected chi connectivity index (χ0v) is 16.8. The van der Waals surface area contributed by atoms with Gasteiger partial charge in [-0.1, -0.05) is 53.0 Å². The molecule has 1 fully saturated rings. The fourth-order valence-corrected chi connectivity index (χ4v) is 3.42. The molecule has 0 aliphatic carbocycles. The molecular weight excluding hydrogens is 419 g/mol. The Morgan fingerprint density at radius 2 is 1.90 bits per heavy atom. The molecule has 0 bridgehead atoms. The number of carboxylic acid groups (broad SMARTS) is 1. The average Bonchev–Trinajstić information content (AvgIpc) is 2.88. The minimum Gasteiger partial charge on any atom is -0.479 e. The summed E-state index contributed by atoms with van der Waals surface area (Å²) in [6.45, 7) is 1.48. The number of amides is 3. The van der Waals surface area contributed by atoms with Crippen LogP contribution in [0.4, 0.5) is 4.79 Å². The number of ether oxygens (including phenoxy) is 1. The molecule has 1 heterocycles. The third-order valence-corrected chi connectivity index (χ3v) is 4.62. The van der Waals surface area contributed by atoms with Crippen LogP contribution in [0.1, 0.15) is 16.7 Å². The number of aryl methyl sites for hydroxylation is 1. The van der Waals surface area contributed by atoms with Gasteiger partial charge in [-0.15, -0.1) is 0 Å². The lowest BCUT2D eigenvalue weighted by atomic mass is 10.1. The van der Waals surface area contributed by atoms with Gasteiger partial charge in [0.2, 0.25) is 0 Å². The normalized spacial score (nSPS) is 15.0. The number of hydrogen-bond donors (Lipinski definition) is 2. The highest BCUT2D eigenvalue weighted by Crippen LogP contribution is 2.35. The molecule has 1 aliphatic heterocycles. The third-order valence-electron chi connectivity index (χ3n) is 4.06. The first kappa shape index (κ1) is 20.7. The number of aliphatic carboxylic acids is 1. The van der Waals surface area contributed by atoms with Crippen molar-refractivity contribution in [2.24, 2.45) is 0 Å². The maximum atomic E-state index is 12.6. The van der Waals surface area contributed by atoms with Gasteiger partial charge in [-0.05, 0) is 36.3 Å². The SMILES string of the molecule is Cc1cccc(CN2C(=O)N/C(=C/c3cc(Cl)c(OCC(=O)O)c(Cl)c3)C2=O)c1. The highest BCUT2D eigenvalue weighted by Gasteiger charge is 2.33. The van der Waals surface area contributed by atoms with Crippen LogP contribution in [0.2, 0.25) is 10.0 Å². The van der Waals surface area contributed by atoms with E-state index in [4.69, 9.17) is 33.0 Å². The van der Waals surface area contributed by atoms with Gasteiger partial charge in [-0.2, -0.15) is 0 Å². The largest absolute Gasteiger partial charge is 0.479 e. The number of imide groups is 1. The van der Waals surface area contributed by atoms with Gasteiger partial charge in [0.25, 0.3) is 5.91 Å². The molecule has 0 saturated carbocycles. The number of halogens is 2. The fourth-order valence-electron chi connectivity index (χ4n) is 2.81. The zero-order valence-electron chi connectivity index (χ0n) is 15.2. The van der Waals surface area contributed by atoms with E-state index < -0.39 is 24.5 Å². The van der Waals surface area contributed by atoms with Crippen LogP contribution in [0.3, 0.4) is 0 Å². The lowest BCUT2D eigenvalue weighted by molar-refractivity contribution is -0.139. The Bertz CT molecular complexity index is 1010. The highest BCUT2D eigenvalue weighted by atomic mass is 35.5. The van der Waals surface area contributed by atoms with Crippen molar-refractivity contribution in [3.05, 3.63) is 68.8 Å². The van der Waals surface area contributed by atoms with Crippen molar-refractivity contribution in [3.63, 3.8) is 0 Å². The summed E-state index contributed by atoms with van der Waals surface area (Å²) in [5, 5.41) is 11.4. The molecule has 7 nitrogen and oxygen atoms in total. The number of rotatable bonds is 6. The summed E-state index contributed by atoms with van der Waals surface area (Å²) in [6.07, 6.45) is 1.44. The summed E-state index contributed by atoms with van der Waals surface area (Å²) >= 11 is 12.2. The Morgan fingerprint density at radius 1 is 1.21 bits per heavy atom. The summed E-state index contributed by atoms with van der Waals surface area (Å²) < 4.78 is 5.06. The number of hydrogen-bond acceptors (Lipinski definition) is 4. The van der Waals surface area contributed by atoms with Crippen molar-refractivity contribution in [1.29, 1.82) is 0 Å². The summed E-state index contributed by atoms with van der Waals surface area (Å²) in [7, 11) is 0. The molecule has 0 radical (unpaired) electrons. The van der Waals surface area contributed by atoms with E-state index in [9.17, 15) is 14.4 Å². The second-order valence-electron chi connectivity index (χ2n) is 6.36. The summed E-state index contributed by atoms with van der Waals surface area (Å²) in [5.74, 6) is -1.62. The van der Waals surface area contributed by atoms with E-state index in [0.717, 1.165) is 16.0 Å². The van der Waals surface area contributed by atoms with E-state index in [2.05, 4.69) is 5.32 Å². The van der Waals surface area contributed by atoms with Gasteiger partial charge in [-0.3, -0.25) is 9.69 Å². The minimum atomic E-state index is -1.17. The first-order valence-electron chi connectivity index (χ1n) is 8.48. The zero-order chi connectivity index (χ0) is 21.1. The summed E-state index contributed by atoms with van der Waals surface area (Å²) in [4.78, 5) is 36.6. The molecule has 3 rings (SSSR count). The van der Waals surface area contributed by atoms with Crippen molar-refractivity contribution in [1.82, 2.24) is 10.2 Å². The molecule has 29 heavy (non-hydrogen) atoms. The molecule has 0 spiro atoms. The third kappa shape index (κ3) is 4.88. The lowest BCUT2D eigenvalue weighted by Gasteiger charge is -2.12. The topological polar surface area (TPSA) is 95.9 Å². The molecule has 0 unspecified atom stereocenters. The number of nitrogens with one attached hydrogen (secondary N) is 1. The van der Waals surface area contributed by atoms with Gasteiger partial charge in [-0.25, -0.2) is 9.59 Å². The predicted octanol–water partition coefficient (Wildman–Crippen LogP) is 3.86. The molecule has 1 saturated heterocycles. The van der Waals surface area contributed by atoms with E-state index in [0.29, 0.717) is 5.56 Å². The molecule has 0 atom stereocenters. The minimum absolute atomic E-state index is 0.0285. The lowest BCUT2D eigenvalue weighted by Crippen LogP contribution is -2.30. The van der Waals surface area contributed by atoms with Crippen LogP contribution < -0.4 is 10.1 Å². The quantitative estimate of drug-likeness (QED) is 0.531. The van der Waals surface area contributed by atoms with Crippen LogP contribution in [0, 0.1) is 6.92 Å². The van der Waals surface area contributed by atoms with Crippen LogP contribution in [-0.2, 0) is 16.1 Å². The molecular formula is C20H16Cl2N2O5. The van der Waals surface area contributed by atoms with E-state index in [1.54, 1.807) is 0 Å². The fraction of sp³-hybridized carbons (Fsp3) is 0.150. The number of benzene rings is 2. The average molecular weight is 435 g/mol. The maximum Gasteiger partial charge on any atom is 0.341 e. The van der Waals surface area contributed by atoms with Gasteiger partial charge in [0.15, 0.2) is 12.4 Å². The number of nitrogens with zero attached hydrogens (tertiary/aromatic N) is 1. The molecule has 0 aromatic heterocycles. The molecule has 1 aliphatic rings. The Labute approximate surface area is 176 Å². The van der Waals surface area contributed by atoms with Gasteiger partial charge >= 0.3 is 12.0 Å². The smallest absolute Gasteiger partial charge is 0.341 e. The van der Waals surface area contributed by atoms with Crippen molar-refractivity contribution in [2.45, 2.75) is 13.5 Å². The van der Waals surface area contributed by atoms with Crippen LogP contribution in [-0.4, -0.2) is 34.5 Å². The van der Waals surface area contributed by atoms with E-state index in [1.165, 1.54) is 18.2 Å². The Kier molecular flexibility index (Phi) is 6.10. The monoisotopic (exact) mass is 434 g/mol. The number of carbonyl (C=O) groups excluding carboxylic acids is 2. The first-order chi connectivity index (χ1) is 13.7. The van der Waals surface area contributed by atoms with Gasteiger partial charge in [0.1, 0.15) is 5.70 Å². The van der Waals surface area contributed by atoms with E-state index in [1.807, 2.05) is 31.2 Å². The number of urea groups is 1. The Morgan fingerprint density at radius 3 is 2.52 bits per heavy atom. The van der Waals surface area contributed by atoms with Crippen LogP contribution in [0.25, 0.3) is 6.08 Å². The highest BCUT2D eigenvalue weighted by molar-refractivity contribution is 6.37. The second-order valence-corrected chi connectivity index (χ2v) is 7.18. The molecule has 2 N–H and O–H groups in total. The molecule has 3 amide bonds.